The molecule has 0 radical (unpaired) electrons. The molecule has 0 heterocycles. The summed E-state index contributed by atoms with van der Waals surface area (Å²) in [6.07, 6.45) is 0.422. The SMILES string of the molecule is COCCNC(=O)NC(C)(C)CCC(=O)O. The first kappa shape index (κ1) is 14.7. The van der Waals surface area contributed by atoms with Crippen molar-refractivity contribution in [3.8, 4) is 0 Å². The largest absolute Gasteiger partial charge is 0.481 e. The summed E-state index contributed by atoms with van der Waals surface area (Å²) < 4.78 is 4.78. The average Bonchev–Trinajstić information content (AvgIpc) is 2.15. The lowest BCUT2D eigenvalue weighted by atomic mass is 9.99. The zero-order chi connectivity index (χ0) is 12.6. The van der Waals surface area contributed by atoms with E-state index in [2.05, 4.69) is 10.6 Å². The molecule has 0 aromatic carbocycles. The molecule has 0 saturated carbocycles. The Bertz CT molecular complexity index is 241. The van der Waals surface area contributed by atoms with E-state index in [1.54, 1.807) is 21.0 Å². The fraction of sp³-hybridized carbons (Fsp3) is 0.800. The highest BCUT2D eigenvalue weighted by Crippen LogP contribution is 2.10. The predicted molar refractivity (Wildman–Crippen MR) is 59.4 cm³/mol. The first-order valence-electron chi connectivity index (χ1n) is 5.14. The molecule has 2 amide bonds. The maximum atomic E-state index is 11.4. The van der Waals surface area contributed by atoms with Crippen LogP contribution in [0.5, 0.6) is 0 Å². The molecule has 6 nitrogen and oxygen atoms in total. The fourth-order valence-electron chi connectivity index (χ4n) is 1.10. The molecule has 0 aliphatic carbocycles. The van der Waals surface area contributed by atoms with Crippen LogP contribution >= 0.6 is 0 Å². The van der Waals surface area contributed by atoms with Gasteiger partial charge in [0.1, 0.15) is 0 Å². The number of nitrogens with one attached hydrogen (secondary N) is 2. The summed E-state index contributed by atoms with van der Waals surface area (Å²) >= 11 is 0. The predicted octanol–water partition coefficient (Wildman–Crippen LogP) is 0.575. The molecule has 0 fully saturated rings. The molecule has 0 unspecified atom stereocenters. The van der Waals surface area contributed by atoms with Crippen LogP contribution in [0.25, 0.3) is 0 Å². The number of hydrogen-bond acceptors (Lipinski definition) is 3. The van der Waals surface area contributed by atoms with Gasteiger partial charge in [-0.2, -0.15) is 0 Å². The molecule has 3 N–H and O–H groups in total. The molecule has 0 aromatic heterocycles. The van der Waals surface area contributed by atoms with Gasteiger partial charge < -0.3 is 20.5 Å². The van der Waals surface area contributed by atoms with Crippen molar-refractivity contribution in [1.29, 1.82) is 0 Å². The number of carbonyl (C=O) groups is 2. The standard InChI is InChI=1S/C10H20N2O4/c1-10(2,5-4-8(13)14)12-9(15)11-6-7-16-3/h4-7H2,1-3H3,(H,13,14)(H2,11,12,15). The highest BCUT2D eigenvalue weighted by molar-refractivity contribution is 5.74. The Morgan fingerprint density at radius 1 is 1.38 bits per heavy atom. The van der Waals surface area contributed by atoms with Gasteiger partial charge in [-0.15, -0.1) is 0 Å². The van der Waals surface area contributed by atoms with Crippen molar-refractivity contribution in [3.63, 3.8) is 0 Å². The number of amides is 2. The number of aliphatic carboxylic acids is 1. The lowest BCUT2D eigenvalue weighted by molar-refractivity contribution is -0.137. The third kappa shape index (κ3) is 8.05. The zero-order valence-corrected chi connectivity index (χ0v) is 10.0. The van der Waals surface area contributed by atoms with Crippen molar-refractivity contribution in [1.82, 2.24) is 10.6 Å². The van der Waals surface area contributed by atoms with Crippen LogP contribution in [0.1, 0.15) is 26.7 Å². The first-order chi connectivity index (χ1) is 7.37. The number of urea groups is 1. The molecule has 0 spiro atoms. The highest BCUT2D eigenvalue weighted by Gasteiger charge is 2.21. The van der Waals surface area contributed by atoms with E-state index < -0.39 is 11.5 Å². The summed E-state index contributed by atoms with van der Waals surface area (Å²) in [5.74, 6) is -0.866. The van der Waals surface area contributed by atoms with Gasteiger partial charge in [0.15, 0.2) is 0 Å². The van der Waals surface area contributed by atoms with Crippen molar-refractivity contribution in [2.45, 2.75) is 32.2 Å². The molecule has 0 aromatic rings. The third-order valence-corrected chi connectivity index (χ3v) is 2.01. The lowest BCUT2D eigenvalue weighted by Gasteiger charge is -2.25. The Labute approximate surface area is 95.4 Å². The number of carboxylic acids is 1. The number of carbonyl (C=O) groups excluding carboxylic acids is 1. The van der Waals surface area contributed by atoms with Gasteiger partial charge in [0.2, 0.25) is 0 Å². The smallest absolute Gasteiger partial charge is 0.315 e. The fourth-order valence-corrected chi connectivity index (χ4v) is 1.10. The second kappa shape index (κ2) is 7.05. The summed E-state index contributed by atoms with van der Waals surface area (Å²) in [7, 11) is 1.55. The Hall–Kier alpha value is -1.30. The molecule has 0 saturated heterocycles. The molecule has 6 heteroatoms. The maximum absolute atomic E-state index is 11.4. The molecule has 0 aliphatic heterocycles. The summed E-state index contributed by atoms with van der Waals surface area (Å²) in [4.78, 5) is 21.8. The molecular weight excluding hydrogens is 212 g/mol. The van der Waals surface area contributed by atoms with Crippen molar-refractivity contribution < 1.29 is 19.4 Å². The van der Waals surface area contributed by atoms with Crippen molar-refractivity contribution in [3.05, 3.63) is 0 Å². The lowest BCUT2D eigenvalue weighted by Crippen LogP contribution is -2.49. The van der Waals surface area contributed by atoms with Gasteiger partial charge >= 0.3 is 12.0 Å². The quantitative estimate of drug-likeness (QED) is 0.560. The van der Waals surface area contributed by atoms with Crippen LogP contribution in [0.3, 0.4) is 0 Å². The topological polar surface area (TPSA) is 87.7 Å². The molecule has 0 rings (SSSR count). The number of carboxylic acid groups (broad SMARTS) is 1. The van der Waals surface area contributed by atoms with Gasteiger partial charge in [-0.25, -0.2) is 4.79 Å². The highest BCUT2D eigenvalue weighted by atomic mass is 16.5. The van der Waals surface area contributed by atoms with Gasteiger partial charge in [-0.3, -0.25) is 4.79 Å². The minimum absolute atomic E-state index is 0.0331. The minimum Gasteiger partial charge on any atom is -0.481 e. The molecule has 0 bridgehead atoms. The molecular formula is C10H20N2O4. The van der Waals surface area contributed by atoms with E-state index >= 15 is 0 Å². The van der Waals surface area contributed by atoms with Crippen molar-refractivity contribution in [2.24, 2.45) is 0 Å². The molecule has 94 valence electrons. The van der Waals surface area contributed by atoms with Crippen LogP contribution in [0.4, 0.5) is 4.79 Å². The van der Waals surface area contributed by atoms with E-state index in [1.165, 1.54) is 0 Å². The minimum atomic E-state index is -0.866. The van der Waals surface area contributed by atoms with Gasteiger partial charge in [0.05, 0.1) is 6.61 Å². The van der Waals surface area contributed by atoms with Crippen LogP contribution in [-0.2, 0) is 9.53 Å². The molecule has 0 aliphatic rings. The van der Waals surface area contributed by atoms with Gasteiger partial charge in [-0.05, 0) is 20.3 Å². The number of methoxy groups -OCH3 is 1. The second-order valence-corrected chi connectivity index (χ2v) is 4.15. The van der Waals surface area contributed by atoms with Crippen LogP contribution < -0.4 is 10.6 Å². The van der Waals surface area contributed by atoms with E-state index in [9.17, 15) is 9.59 Å². The number of rotatable bonds is 7. The van der Waals surface area contributed by atoms with E-state index in [-0.39, 0.29) is 12.5 Å². The van der Waals surface area contributed by atoms with Gasteiger partial charge in [0.25, 0.3) is 0 Å². The summed E-state index contributed by atoms with van der Waals surface area (Å²) in [5.41, 5.74) is -0.532. The third-order valence-electron chi connectivity index (χ3n) is 2.01. The van der Waals surface area contributed by atoms with Crippen LogP contribution in [0.2, 0.25) is 0 Å². The summed E-state index contributed by atoms with van der Waals surface area (Å²) in [5, 5.41) is 13.8. The second-order valence-electron chi connectivity index (χ2n) is 4.15. The van der Waals surface area contributed by atoms with Crippen molar-refractivity contribution in [2.75, 3.05) is 20.3 Å². The van der Waals surface area contributed by atoms with E-state index in [1.807, 2.05) is 0 Å². The first-order valence-corrected chi connectivity index (χ1v) is 5.14. The van der Waals surface area contributed by atoms with Crippen LogP contribution in [0, 0.1) is 0 Å². The Kier molecular flexibility index (Phi) is 6.48. The molecule has 16 heavy (non-hydrogen) atoms. The Morgan fingerprint density at radius 2 is 2.00 bits per heavy atom. The average molecular weight is 232 g/mol. The number of ether oxygens (including phenoxy) is 1. The van der Waals surface area contributed by atoms with Crippen LogP contribution in [-0.4, -0.2) is 42.9 Å². The van der Waals surface area contributed by atoms with Gasteiger partial charge in [-0.1, -0.05) is 0 Å². The molecule has 0 atom stereocenters. The van der Waals surface area contributed by atoms with E-state index in [0.29, 0.717) is 19.6 Å². The number of hydrogen-bond donors (Lipinski definition) is 3. The van der Waals surface area contributed by atoms with E-state index in [0.717, 1.165) is 0 Å². The van der Waals surface area contributed by atoms with Crippen molar-refractivity contribution >= 4 is 12.0 Å². The monoisotopic (exact) mass is 232 g/mol. The van der Waals surface area contributed by atoms with E-state index in [4.69, 9.17) is 9.84 Å². The van der Waals surface area contributed by atoms with Crippen LogP contribution in [0.15, 0.2) is 0 Å². The Morgan fingerprint density at radius 3 is 2.50 bits per heavy atom. The Balaban J connectivity index is 3.85. The summed E-state index contributed by atoms with van der Waals surface area (Å²) in [6, 6.07) is -0.313. The van der Waals surface area contributed by atoms with Gasteiger partial charge in [0, 0.05) is 25.6 Å². The normalized spacial score (nSPS) is 10.9. The zero-order valence-electron chi connectivity index (χ0n) is 10.0. The maximum Gasteiger partial charge on any atom is 0.315 e. The summed E-state index contributed by atoms with van der Waals surface area (Å²) in [6.45, 7) is 4.44.